The van der Waals surface area contributed by atoms with Crippen LogP contribution in [0.5, 0.6) is 5.75 Å². The number of pyridine rings is 1. The average Bonchev–Trinajstić information content (AvgIpc) is 2.63. The summed E-state index contributed by atoms with van der Waals surface area (Å²) in [5.41, 5.74) is 9.13. The van der Waals surface area contributed by atoms with E-state index < -0.39 is 5.82 Å². The van der Waals surface area contributed by atoms with E-state index in [9.17, 15) is 4.39 Å². The Kier molecular flexibility index (Phi) is 5.28. The molecule has 0 radical (unpaired) electrons. The molecule has 134 valence electrons. The second kappa shape index (κ2) is 7.62. The van der Waals surface area contributed by atoms with Crippen molar-refractivity contribution in [3.05, 3.63) is 71.1 Å². The van der Waals surface area contributed by atoms with Crippen LogP contribution in [0.3, 0.4) is 0 Å². The molecule has 0 aliphatic carbocycles. The van der Waals surface area contributed by atoms with Crippen LogP contribution < -0.4 is 15.4 Å². The summed E-state index contributed by atoms with van der Waals surface area (Å²) in [6.45, 7) is -0.0274. The lowest BCUT2D eigenvalue weighted by Crippen LogP contribution is -2.07. The molecule has 3 aromatic rings. The number of anilines is 2. The zero-order valence-electron chi connectivity index (χ0n) is 14.5. The van der Waals surface area contributed by atoms with Gasteiger partial charge in [-0.15, -0.1) is 0 Å². The summed E-state index contributed by atoms with van der Waals surface area (Å²) in [5.74, 6) is 0.212. The molecule has 26 heavy (non-hydrogen) atoms. The standard InChI is InChI=1S/C20H19ClFN3O/c1-25(2)15-8-6-13(7-9-15)14-10-19(20(23)24-11-14)26-12-16-17(21)4-3-5-18(16)22/h3-11H,12H2,1-2H3,(H2,23,24). The van der Waals surface area contributed by atoms with Crippen LogP contribution in [0, 0.1) is 5.82 Å². The van der Waals surface area contributed by atoms with Crippen molar-refractivity contribution in [2.45, 2.75) is 6.61 Å². The molecule has 0 saturated heterocycles. The van der Waals surface area contributed by atoms with Gasteiger partial charge in [0.15, 0.2) is 11.6 Å². The normalized spacial score (nSPS) is 10.6. The van der Waals surface area contributed by atoms with E-state index in [4.69, 9.17) is 22.1 Å². The van der Waals surface area contributed by atoms with E-state index in [0.717, 1.165) is 16.8 Å². The molecule has 0 saturated carbocycles. The Morgan fingerprint density at radius 3 is 2.50 bits per heavy atom. The van der Waals surface area contributed by atoms with E-state index in [-0.39, 0.29) is 18.0 Å². The van der Waals surface area contributed by atoms with Crippen molar-refractivity contribution in [2.75, 3.05) is 24.7 Å². The highest BCUT2D eigenvalue weighted by Gasteiger charge is 2.11. The summed E-state index contributed by atoms with van der Waals surface area (Å²) in [4.78, 5) is 6.21. The zero-order chi connectivity index (χ0) is 18.7. The smallest absolute Gasteiger partial charge is 0.166 e. The van der Waals surface area contributed by atoms with Crippen molar-refractivity contribution in [1.29, 1.82) is 0 Å². The molecule has 0 fully saturated rings. The molecule has 0 unspecified atom stereocenters. The number of hydrogen-bond donors (Lipinski definition) is 1. The lowest BCUT2D eigenvalue weighted by atomic mass is 10.1. The van der Waals surface area contributed by atoms with Gasteiger partial charge >= 0.3 is 0 Å². The van der Waals surface area contributed by atoms with Gasteiger partial charge in [-0.1, -0.05) is 29.8 Å². The van der Waals surface area contributed by atoms with Gasteiger partial charge in [0, 0.05) is 37.1 Å². The molecule has 0 aliphatic heterocycles. The van der Waals surface area contributed by atoms with Gasteiger partial charge in [-0.2, -0.15) is 0 Å². The van der Waals surface area contributed by atoms with Crippen LogP contribution in [0.25, 0.3) is 11.1 Å². The second-order valence-corrected chi connectivity index (χ2v) is 6.44. The van der Waals surface area contributed by atoms with E-state index in [1.807, 2.05) is 43.3 Å². The van der Waals surface area contributed by atoms with Crippen molar-refractivity contribution >= 4 is 23.1 Å². The molecule has 1 heterocycles. The van der Waals surface area contributed by atoms with E-state index >= 15 is 0 Å². The predicted octanol–water partition coefficient (Wildman–Crippen LogP) is 4.77. The second-order valence-electron chi connectivity index (χ2n) is 6.04. The average molecular weight is 372 g/mol. The minimum Gasteiger partial charge on any atom is -0.485 e. The Hall–Kier alpha value is -2.79. The first kappa shape index (κ1) is 18.0. The molecule has 0 spiro atoms. The predicted molar refractivity (Wildman–Crippen MR) is 104 cm³/mol. The number of benzene rings is 2. The van der Waals surface area contributed by atoms with E-state index in [2.05, 4.69) is 4.98 Å². The first-order valence-corrected chi connectivity index (χ1v) is 8.42. The van der Waals surface area contributed by atoms with Crippen LogP contribution in [-0.4, -0.2) is 19.1 Å². The molecular weight excluding hydrogens is 353 g/mol. The number of hydrogen-bond acceptors (Lipinski definition) is 4. The van der Waals surface area contributed by atoms with E-state index in [1.165, 1.54) is 6.07 Å². The van der Waals surface area contributed by atoms with Crippen molar-refractivity contribution in [2.24, 2.45) is 0 Å². The zero-order valence-corrected chi connectivity index (χ0v) is 15.3. The number of rotatable bonds is 5. The summed E-state index contributed by atoms with van der Waals surface area (Å²) in [7, 11) is 3.97. The minimum atomic E-state index is -0.417. The van der Waals surface area contributed by atoms with Crippen molar-refractivity contribution < 1.29 is 9.13 Å². The lowest BCUT2D eigenvalue weighted by molar-refractivity contribution is 0.301. The lowest BCUT2D eigenvalue weighted by Gasteiger charge is -2.14. The monoisotopic (exact) mass is 371 g/mol. The highest BCUT2D eigenvalue weighted by Crippen LogP contribution is 2.29. The number of nitrogens with zero attached hydrogens (tertiary/aromatic N) is 2. The van der Waals surface area contributed by atoms with Crippen LogP contribution in [0.2, 0.25) is 5.02 Å². The Bertz CT molecular complexity index is 893. The quantitative estimate of drug-likeness (QED) is 0.702. The fourth-order valence-corrected chi connectivity index (χ4v) is 2.72. The minimum absolute atomic E-state index is 0.0274. The van der Waals surface area contributed by atoms with Gasteiger partial charge in [-0.25, -0.2) is 9.37 Å². The molecule has 2 N–H and O–H groups in total. The number of ether oxygens (including phenoxy) is 1. The number of nitrogens with two attached hydrogens (primary N) is 1. The molecule has 6 heteroatoms. The van der Waals surface area contributed by atoms with Crippen LogP contribution in [0.15, 0.2) is 54.7 Å². The third-order valence-corrected chi connectivity index (χ3v) is 4.39. The van der Waals surface area contributed by atoms with Gasteiger partial charge in [0.1, 0.15) is 12.4 Å². The van der Waals surface area contributed by atoms with Crippen LogP contribution in [-0.2, 0) is 6.61 Å². The van der Waals surface area contributed by atoms with Gasteiger partial charge in [0.2, 0.25) is 0 Å². The maximum Gasteiger partial charge on any atom is 0.166 e. The van der Waals surface area contributed by atoms with Crippen molar-refractivity contribution in [1.82, 2.24) is 4.98 Å². The molecule has 1 aromatic heterocycles. The van der Waals surface area contributed by atoms with E-state index in [1.54, 1.807) is 24.4 Å². The molecule has 0 aliphatic rings. The molecule has 0 atom stereocenters. The van der Waals surface area contributed by atoms with Gasteiger partial charge in [-0.3, -0.25) is 0 Å². The molecule has 4 nitrogen and oxygen atoms in total. The highest BCUT2D eigenvalue weighted by molar-refractivity contribution is 6.31. The van der Waals surface area contributed by atoms with E-state index in [0.29, 0.717) is 10.8 Å². The van der Waals surface area contributed by atoms with Gasteiger partial charge in [0.25, 0.3) is 0 Å². The summed E-state index contributed by atoms with van der Waals surface area (Å²) < 4.78 is 19.6. The van der Waals surface area contributed by atoms with Crippen molar-refractivity contribution in [3.8, 4) is 16.9 Å². The Morgan fingerprint density at radius 2 is 1.85 bits per heavy atom. The maximum absolute atomic E-state index is 13.9. The van der Waals surface area contributed by atoms with Crippen LogP contribution in [0.1, 0.15) is 5.56 Å². The van der Waals surface area contributed by atoms with Gasteiger partial charge in [-0.05, 0) is 35.9 Å². The summed E-state index contributed by atoms with van der Waals surface area (Å²) in [6.07, 6.45) is 1.68. The third-order valence-electron chi connectivity index (χ3n) is 4.03. The SMILES string of the molecule is CN(C)c1ccc(-c2cnc(N)c(OCc3c(F)cccc3Cl)c2)cc1. The Balaban J connectivity index is 1.84. The molecule has 2 aromatic carbocycles. The largest absolute Gasteiger partial charge is 0.485 e. The Labute approximate surface area is 157 Å². The maximum atomic E-state index is 13.9. The topological polar surface area (TPSA) is 51.4 Å². The number of nitrogen functional groups attached to an aromatic ring is 1. The first-order valence-electron chi connectivity index (χ1n) is 8.04. The molecule has 0 amide bonds. The fourth-order valence-electron chi connectivity index (χ4n) is 2.50. The fraction of sp³-hybridized carbons (Fsp3) is 0.150. The van der Waals surface area contributed by atoms with Crippen molar-refractivity contribution in [3.63, 3.8) is 0 Å². The molecule has 0 bridgehead atoms. The summed E-state index contributed by atoms with van der Waals surface area (Å²) >= 11 is 6.03. The highest BCUT2D eigenvalue weighted by atomic mass is 35.5. The number of aromatic nitrogens is 1. The van der Waals surface area contributed by atoms with Crippen LogP contribution >= 0.6 is 11.6 Å². The van der Waals surface area contributed by atoms with Crippen LogP contribution in [0.4, 0.5) is 15.9 Å². The molecular formula is C20H19ClFN3O. The number of halogens is 2. The van der Waals surface area contributed by atoms with Gasteiger partial charge < -0.3 is 15.4 Å². The summed E-state index contributed by atoms with van der Waals surface area (Å²) in [5, 5.41) is 0.312. The first-order chi connectivity index (χ1) is 12.5. The third kappa shape index (κ3) is 3.89. The molecule has 3 rings (SSSR count). The Morgan fingerprint density at radius 1 is 1.12 bits per heavy atom. The van der Waals surface area contributed by atoms with Gasteiger partial charge in [0.05, 0.1) is 5.02 Å². The summed E-state index contributed by atoms with van der Waals surface area (Å²) in [6, 6.07) is 14.3.